The van der Waals surface area contributed by atoms with Crippen LogP contribution in [0.15, 0.2) is 54.6 Å². The molecule has 0 spiro atoms. The van der Waals surface area contributed by atoms with Crippen LogP contribution in [0.2, 0.25) is 0 Å². The lowest BCUT2D eigenvalue weighted by Gasteiger charge is -2.45. The molecule has 0 unspecified atom stereocenters. The molecule has 1 fully saturated rings. The maximum Gasteiger partial charge on any atom is 0.242 e. The highest BCUT2D eigenvalue weighted by atomic mass is 16.2. The summed E-state index contributed by atoms with van der Waals surface area (Å²) in [5.74, 6) is 0.0272. The summed E-state index contributed by atoms with van der Waals surface area (Å²) >= 11 is 0. The molecule has 1 saturated heterocycles. The van der Waals surface area contributed by atoms with Crippen LogP contribution in [0, 0.1) is 6.92 Å². The van der Waals surface area contributed by atoms with Crippen molar-refractivity contribution in [2.75, 3.05) is 0 Å². The number of rotatable bonds is 3. The molecule has 2 atom stereocenters. The number of benzene rings is 2. The predicted molar refractivity (Wildman–Crippen MR) is 78.9 cm³/mol. The van der Waals surface area contributed by atoms with Crippen LogP contribution in [0.25, 0.3) is 0 Å². The molecule has 2 N–H and O–H groups in total. The molecule has 2 aromatic carbocycles. The van der Waals surface area contributed by atoms with Gasteiger partial charge in [-0.25, -0.2) is 0 Å². The second kappa shape index (κ2) is 5.10. The smallest absolute Gasteiger partial charge is 0.242 e. The maximum absolute atomic E-state index is 12.0. The van der Waals surface area contributed by atoms with Gasteiger partial charge in [-0.2, -0.15) is 0 Å². The second-order valence-corrected chi connectivity index (χ2v) is 5.33. The number of nitrogens with two attached hydrogens (primary N) is 1. The normalized spacial score (nSPS) is 21.7. The number of hydrogen-bond acceptors (Lipinski definition) is 2. The Kier molecular flexibility index (Phi) is 3.28. The Morgan fingerprint density at radius 2 is 1.70 bits per heavy atom. The molecule has 0 radical (unpaired) electrons. The largest absolute Gasteiger partial charge is 0.328 e. The fourth-order valence-corrected chi connectivity index (χ4v) is 2.68. The highest BCUT2D eigenvalue weighted by Gasteiger charge is 2.45. The van der Waals surface area contributed by atoms with E-state index in [1.54, 1.807) is 0 Å². The molecule has 3 heteroatoms. The highest BCUT2D eigenvalue weighted by molar-refractivity contribution is 5.89. The van der Waals surface area contributed by atoms with Crippen LogP contribution in [0.5, 0.6) is 0 Å². The van der Waals surface area contributed by atoms with Gasteiger partial charge < -0.3 is 10.6 Å². The first-order valence-electron chi connectivity index (χ1n) is 6.83. The Hall–Kier alpha value is -2.13. The molecule has 0 aromatic heterocycles. The lowest BCUT2D eigenvalue weighted by Crippen LogP contribution is -2.62. The lowest BCUT2D eigenvalue weighted by molar-refractivity contribution is -0.150. The fourth-order valence-electron chi connectivity index (χ4n) is 2.68. The van der Waals surface area contributed by atoms with Crippen molar-refractivity contribution < 1.29 is 4.79 Å². The third kappa shape index (κ3) is 2.21. The van der Waals surface area contributed by atoms with Crippen molar-refractivity contribution in [1.82, 2.24) is 4.90 Å². The number of carbonyl (C=O) groups is 1. The van der Waals surface area contributed by atoms with Gasteiger partial charge in [0, 0.05) is 6.54 Å². The van der Waals surface area contributed by atoms with E-state index in [0.717, 1.165) is 11.1 Å². The van der Waals surface area contributed by atoms with Gasteiger partial charge in [-0.3, -0.25) is 4.79 Å². The summed E-state index contributed by atoms with van der Waals surface area (Å²) in [6.07, 6.45) is 0. The summed E-state index contributed by atoms with van der Waals surface area (Å²) in [7, 11) is 0. The quantitative estimate of drug-likeness (QED) is 0.867. The van der Waals surface area contributed by atoms with Crippen LogP contribution in [0.1, 0.15) is 22.7 Å². The molecule has 1 amide bonds. The molecule has 1 aliphatic rings. The monoisotopic (exact) mass is 266 g/mol. The van der Waals surface area contributed by atoms with Crippen molar-refractivity contribution in [1.29, 1.82) is 0 Å². The molecule has 1 heterocycles. The van der Waals surface area contributed by atoms with Gasteiger partial charge in [-0.05, 0) is 18.1 Å². The van der Waals surface area contributed by atoms with Gasteiger partial charge in [-0.1, -0.05) is 60.2 Å². The third-order valence-electron chi connectivity index (χ3n) is 3.86. The van der Waals surface area contributed by atoms with Crippen molar-refractivity contribution in [3.63, 3.8) is 0 Å². The molecule has 20 heavy (non-hydrogen) atoms. The highest BCUT2D eigenvalue weighted by Crippen LogP contribution is 2.35. The summed E-state index contributed by atoms with van der Waals surface area (Å²) in [4.78, 5) is 13.9. The first kappa shape index (κ1) is 12.9. The molecular formula is C17H18N2O. The summed E-state index contributed by atoms with van der Waals surface area (Å²) in [5.41, 5.74) is 9.44. The minimum absolute atomic E-state index is 0.0108. The number of β-lactam (4-membered cyclic amide) rings is 1. The number of carbonyl (C=O) groups excluding carboxylic acids is 1. The van der Waals surface area contributed by atoms with Crippen molar-refractivity contribution >= 4 is 5.91 Å². The van der Waals surface area contributed by atoms with Crippen LogP contribution in [0.3, 0.4) is 0 Å². The zero-order chi connectivity index (χ0) is 14.1. The van der Waals surface area contributed by atoms with Crippen molar-refractivity contribution in [3.05, 3.63) is 71.3 Å². The Bertz CT molecular complexity index is 607. The first-order valence-corrected chi connectivity index (χ1v) is 6.83. The molecule has 3 rings (SSSR count). The Labute approximate surface area is 119 Å². The standard InChI is InChI=1S/C17H18N2O/c1-12-7-9-14(10-8-12)16-15(18)17(20)19(16)11-13-5-3-2-4-6-13/h2-10,15-16H,11,18H2,1H3/t15-,16-/m0/s1. The van der Waals surface area contributed by atoms with Crippen molar-refractivity contribution in [3.8, 4) is 0 Å². The average Bonchev–Trinajstić information content (AvgIpc) is 2.49. The number of hydrogen-bond donors (Lipinski definition) is 1. The summed E-state index contributed by atoms with van der Waals surface area (Å²) in [5, 5.41) is 0. The molecule has 102 valence electrons. The van der Waals surface area contributed by atoms with Gasteiger partial charge >= 0.3 is 0 Å². The van der Waals surface area contributed by atoms with Gasteiger partial charge in [0.05, 0.1) is 6.04 Å². The molecule has 1 aliphatic heterocycles. The number of likely N-dealkylation sites (tertiary alicyclic amines) is 1. The molecule has 2 aromatic rings. The van der Waals surface area contributed by atoms with Gasteiger partial charge in [0.2, 0.25) is 5.91 Å². The van der Waals surface area contributed by atoms with E-state index in [2.05, 4.69) is 31.2 Å². The number of amides is 1. The Morgan fingerprint density at radius 3 is 2.35 bits per heavy atom. The zero-order valence-corrected chi connectivity index (χ0v) is 11.5. The van der Waals surface area contributed by atoms with Crippen LogP contribution >= 0.6 is 0 Å². The molecule has 0 aliphatic carbocycles. The average molecular weight is 266 g/mol. The predicted octanol–water partition coefficient (Wildman–Crippen LogP) is 2.41. The molecule has 0 bridgehead atoms. The van der Waals surface area contributed by atoms with Crippen LogP contribution < -0.4 is 5.73 Å². The van der Waals surface area contributed by atoms with E-state index in [9.17, 15) is 4.79 Å². The van der Waals surface area contributed by atoms with E-state index in [1.165, 1.54) is 5.56 Å². The van der Waals surface area contributed by atoms with Gasteiger partial charge in [0.15, 0.2) is 0 Å². The summed E-state index contributed by atoms with van der Waals surface area (Å²) in [6.45, 7) is 2.67. The van der Waals surface area contributed by atoms with E-state index in [1.807, 2.05) is 35.2 Å². The Balaban J connectivity index is 1.82. The number of nitrogens with zero attached hydrogens (tertiary/aromatic N) is 1. The van der Waals surface area contributed by atoms with Crippen molar-refractivity contribution in [2.24, 2.45) is 5.73 Å². The van der Waals surface area contributed by atoms with E-state index >= 15 is 0 Å². The molecule has 0 saturated carbocycles. The number of aryl methyl sites for hydroxylation is 1. The first-order chi connectivity index (χ1) is 9.66. The summed E-state index contributed by atoms with van der Waals surface area (Å²) in [6, 6.07) is 17.8. The van der Waals surface area contributed by atoms with E-state index in [0.29, 0.717) is 6.54 Å². The molecular weight excluding hydrogens is 248 g/mol. The van der Waals surface area contributed by atoms with E-state index < -0.39 is 6.04 Å². The van der Waals surface area contributed by atoms with Crippen LogP contribution in [-0.2, 0) is 11.3 Å². The minimum Gasteiger partial charge on any atom is -0.328 e. The van der Waals surface area contributed by atoms with Gasteiger partial charge in [0.25, 0.3) is 0 Å². The van der Waals surface area contributed by atoms with Crippen molar-refractivity contribution in [2.45, 2.75) is 25.6 Å². The van der Waals surface area contributed by atoms with E-state index in [-0.39, 0.29) is 11.9 Å². The zero-order valence-electron chi connectivity index (χ0n) is 11.5. The summed E-state index contributed by atoms with van der Waals surface area (Å²) < 4.78 is 0. The maximum atomic E-state index is 12.0. The van der Waals surface area contributed by atoms with Crippen LogP contribution in [-0.4, -0.2) is 16.8 Å². The van der Waals surface area contributed by atoms with Crippen LogP contribution in [0.4, 0.5) is 0 Å². The van der Waals surface area contributed by atoms with Gasteiger partial charge in [-0.15, -0.1) is 0 Å². The second-order valence-electron chi connectivity index (χ2n) is 5.33. The lowest BCUT2D eigenvalue weighted by atomic mass is 9.88. The van der Waals surface area contributed by atoms with Gasteiger partial charge in [0.1, 0.15) is 6.04 Å². The molecule has 3 nitrogen and oxygen atoms in total. The third-order valence-corrected chi connectivity index (χ3v) is 3.86. The topological polar surface area (TPSA) is 46.3 Å². The minimum atomic E-state index is -0.415. The Morgan fingerprint density at radius 1 is 1.05 bits per heavy atom. The SMILES string of the molecule is Cc1ccc([C@H]2[C@H](N)C(=O)N2Cc2ccccc2)cc1. The fraction of sp³-hybridized carbons (Fsp3) is 0.235. The van der Waals surface area contributed by atoms with E-state index in [4.69, 9.17) is 5.73 Å².